The van der Waals surface area contributed by atoms with E-state index in [2.05, 4.69) is 0 Å². The zero-order valence-corrected chi connectivity index (χ0v) is 15.5. The van der Waals surface area contributed by atoms with Gasteiger partial charge in [0.2, 0.25) is 0 Å². The fraction of sp³-hybridized carbons (Fsp3) is 0.500. The molecular weight excluding hydrogens is 374 g/mol. The minimum atomic E-state index is -1.56. The van der Waals surface area contributed by atoms with E-state index in [0.29, 0.717) is 0 Å². The Kier molecular flexibility index (Phi) is 7.73. The smallest absolute Gasteiger partial charge is 0.405 e. The molecule has 1 saturated heterocycles. The van der Waals surface area contributed by atoms with Crippen LogP contribution in [-0.2, 0) is 39.9 Å². The lowest BCUT2D eigenvalue weighted by Gasteiger charge is -2.42. The molecule has 1 aromatic rings. The number of hydrogen-bond donors (Lipinski definition) is 2. The number of benzene rings is 1. The Bertz CT molecular complexity index is 681. The predicted molar refractivity (Wildman–Crippen MR) is 92.5 cm³/mol. The number of ether oxygens (including phenoxy) is 5. The van der Waals surface area contributed by atoms with Crippen molar-refractivity contribution in [3.63, 3.8) is 0 Å². The SMILES string of the molecule is CC(=O)OC[C@H]1OC(O)[C@@H](OCc2ccccc2)[C@@H](OC(N)=O)[C@@H]1OC(C)=O. The summed E-state index contributed by atoms with van der Waals surface area (Å²) in [6.07, 6.45) is -7.51. The lowest BCUT2D eigenvalue weighted by molar-refractivity contribution is -0.300. The maximum absolute atomic E-state index is 11.5. The Morgan fingerprint density at radius 2 is 1.71 bits per heavy atom. The molecule has 1 fully saturated rings. The topological polar surface area (TPSA) is 144 Å². The number of carbonyl (C=O) groups is 3. The third kappa shape index (κ3) is 6.19. The van der Waals surface area contributed by atoms with Gasteiger partial charge in [-0.25, -0.2) is 4.79 Å². The van der Waals surface area contributed by atoms with Gasteiger partial charge in [-0.05, 0) is 5.56 Å². The third-order valence-electron chi connectivity index (χ3n) is 3.90. The molecule has 1 heterocycles. The van der Waals surface area contributed by atoms with Gasteiger partial charge < -0.3 is 34.5 Å². The number of aliphatic hydroxyl groups excluding tert-OH is 1. The minimum Gasteiger partial charge on any atom is -0.463 e. The van der Waals surface area contributed by atoms with Gasteiger partial charge in [-0.15, -0.1) is 0 Å². The van der Waals surface area contributed by atoms with Gasteiger partial charge in [-0.2, -0.15) is 0 Å². The second-order valence-electron chi connectivity index (χ2n) is 6.10. The number of esters is 2. The Morgan fingerprint density at radius 1 is 1.04 bits per heavy atom. The molecule has 154 valence electrons. The predicted octanol–water partition coefficient (Wildman–Crippen LogP) is 0.248. The van der Waals surface area contributed by atoms with Crippen molar-refractivity contribution in [3.8, 4) is 0 Å². The molecule has 0 spiro atoms. The zero-order valence-electron chi connectivity index (χ0n) is 15.5. The largest absolute Gasteiger partial charge is 0.463 e. The van der Waals surface area contributed by atoms with Crippen molar-refractivity contribution in [2.24, 2.45) is 5.73 Å². The van der Waals surface area contributed by atoms with Crippen LogP contribution in [0.3, 0.4) is 0 Å². The normalized spacial score (nSPS) is 26.9. The van der Waals surface area contributed by atoms with Crippen molar-refractivity contribution >= 4 is 18.0 Å². The number of rotatable bonds is 7. The van der Waals surface area contributed by atoms with E-state index >= 15 is 0 Å². The van der Waals surface area contributed by atoms with Crippen LogP contribution in [0.15, 0.2) is 30.3 Å². The van der Waals surface area contributed by atoms with Crippen LogP contribution < -0.4 is 5.73 Å². The summed E-state index contributed by atoms with van der Waals surface area (Å²) in [5, 5.41) is 10.4. The van der Waals surface area contributed by atoms with Crippen LogP contribution in [0.5, 0.6) is 0 Å². The molecule has 2 rings (SSSR count). The summed E-state index contributed by atoms with van der Waals surface area (Å²) in [5.74, 6) is -1.30. The number of hydrogen-bond acceptors (Lipinski definition) is 9. The van der Waals surface area contributed by atoms with Crippen molar-refractivity contribution in [2.75, 3.05) is 6.61 Å². The van der Waals surface area contributed by atoms with Gasteiger partial charge in [-0.1, -0.05) is 30.3 Å². The number of carbonyl (C=O) groups excluding carboxylic acids is 3. The van der Waals surface area contributed by atoms with Crippen LogP contribution in [0.25, 0.3) is 0 Å². The lowest BCUT2D eigenvalue weighted by atomic mass is 9.98. The third-order valence-corrected chi connectivity index (χ3v) is 3.90. The van der Waals surface area contributed by atoms with Crippen molar-refractivity contribution in [1.29, 1.82) is 0 Å². The van der Waals surface area contributed by atoms with Crippen molar-refractivity contribution in [2.45, 2.75) is 51.2 Å². The average molecular weight is 397 g/mol. The zero-order chi connectivity index (χ0) is 20.7. The summed E-state index contributed by atoms with van der Waals surface area (Å²) in [4.78, 5) is 34.0. The van der Waals surface area contributed by atoms with E-state index in [9.17, 15) is 19.5 Å². The summed E-state index contributed by atoms with van der Waals surface area (Å²) < 4.78 is 26.2. The molecule has 0 aliphatic carbocycles. The van der Waals surface area contributed by atoms with Crippen molar-refractivity contribution in [1.82, 2.24) is 0 Å². The fourth-order valence-corrected chi connectivity index (χ4v) is 2.78. The molecule has 10 nitrogen and oxygen atoms in total. The van der Waals surface area contributed by atoms with Gasteiger partial charge >= 0.3 is 18.0 Å². The maximum atomic E-state index is 11.5. The van der Waals surface area contributed by atoms with E-state index in [4.69, 9.17) is 29.4 Å². The van der Waals surface area contributed by atoms with E-state index < -0.39 is 48.7 Å². The molecule has 0 bridgehead atoms. The molecule has 1 aliphatic rings. The first-order valence-electron chi connectivity index (χ1n) is 8.53. The summed E-state index contributed by atoms with van der Waals surface area (Å²) in [6.45, 7) is 2.05. The fourth-order valence-electron chi connectivity index (χ4n) is 2.78. The van der Waals surface area contributed by atoms with E-state index in [0.717, 1.165) is 12.5 Å². The highest BCUT2D eigenvalue weighted by atomic mass is 16.7. The first-order valence-corrected chi connectivity index (χ1v) is 8.53. The summed E-state index contributed by atoms with van der Waals surface area (Å²) in [6, 6.07) is 9.04. The molecule has 0 radical (unpaired) electrons. The summed E-state index contributed by atoms with van der Waals surface area (Å²) >= 11 is 0. The molecule has 1 amide bonds. The van der Waals surface area contributed by atoms with Crippen molar-refractivity contribution < 1.29 is 43.2 Å². The number of primary amides is 1. The van der Waals surface area contributed by atoms with Crippen LogP contribution in [0.4, 0.5) is 4.79 Å². The Balaban J connectivity index is 2.22. The second kappa shape index (κ2) is 10.0. The van der Waals surface area contributed by atoms with Crippen LogP contribution in [0, 0.1) is 0 Å². The van der Waals surface area contributed by atoms with E-state index in [-0.39, 0.29) is 13.2 Å². The highest BCUT2D eigenvalue weighted by Crippen LogP contribution is 2.28. The first kappa shape index (κ1) is 21.6. The van der Waals surface area contributed by atoms with Crippen molar-refractivity contribution in [3.05, 3.63) is 35.9 Å². The van der Waals surface area contributed by atoms with Crippen LogP contribution in [0.2, 0.25) is 0 Å². The molecule has 0 saturated carbocycles. The summed E-state index contributed by atoms with van der Waals surface area (Å²) in [5.41, 5.74) is 5.92. The molecule has 1 aromatic carbocycles. The van der Waals surface area contributed by atoms with Gasteiger partial charge in [-0.3, -0.25) is 9.59 Å². The first-order chi connectivity index (χ1) is 13.3. The highest BCUT2D eigenvalue weighted by Gasteiger charge is 2.50. The average Bonchev–Trinajstić information content (AvgIpc) is 2.62. The van der Waals surface area contributed by atoms with Gasteiger partial charge in [0, 0.05) is 13.8 Å². The molecule has 1 aliphatic heterocycles. The van der Waals surface area contributed by atoms with E-state index in [1.165, 1.54) is 6.92 Å². The molecule has 10 heteroatoms. The number of nitrogens with two attached hydrogens (primary N) is 1. The quantitative estimate of drug-likeness (QED) is 0.488. The van der Waals surface area contributed by atoms with Gasteiger partial charge in [0.15, 0.2) is 18.5 Å². The lowest BCUT2D eigenvalue weighted by Crippen LogP contribution is -2.62. The van der Waals surface area contributed by atoms with Crippen LogP contribution >= 0.6 is 0 Å². The second-order valence-corrected chi connectivity index (χ2v) is 6.10. The monoisotopic (exact) mass is 397 g/mol. The van der Waals surface area contributed by atoms with Crippen LogP contribution in [0.1, 0.15) is 19.4 Å². The maximum Gasteiger partial charge on any atom is 0.405 e. The Morgan fingerprint density at radius 3 is 2.29 bits per heavy atom. The van der Waals surface area contributed by atoms with E-state index in [1.54, 1.807) is 24.3 Å². The molecule has 0 aromatic heterocycles. The number of aliphatic hydroxyl groups is 1. The molecule has 28 heavy (non-hydrogen) atoms. The Hall–Kier alpha value is -2.69. The Labute approximate surface area is 161 Å². The number of amides is 1. The molecule has 5 atom stereocenters. The van der Waals surface area contributed by atoms with E-state index in [1.807, 2.05) is 6.07 Å². The highest BCUT2D eigenvalue weighted by molar-refractivity contribution is 5.67. The standard InChI is InChI=1S/C18H23NO9/c1-10(20)24-9-13-14(26-11(2)21)15(28-18(19)23)16(17(22)27-13)25-8-12-6-4-3-5-7-12/h3-7,13-17,22H,8-9H2,1-2H3,(H2,19,23)/t13-,14-,15+,16+,17?/m1/s1. The molecule has 3 N–H and O–H groups in total. The minimum absolute atomic E-state index is 0.0615. The van der Waals surface area contributed by atoms with Gasteiger partial charge in [0.1, 0.15) is 18.8 Å². The molecular formula is C18H23NO9. The van der Waals surface area contributed by atoms with Gasteiger partial charge in [0.05, 0.1) is 6.61 Å². The summed E-state index contributed by atoms with van der Waals surface area (Å²) in [7, 11) is 0. The molecule has 1 unspecified atom stereocenters. The van der Waals surface area contributed by atoms with Crippen LogP contribution in [-0.4, -0.2) is 60.5 Å². The van der Waals surface area contributed by atoms with Gasteiger partial charge in [0.25, 0.3) is 0 Å².